The van der Waals surface area contributed by atoms with Crippen molar-refractivity contribution < 1.29 is 4.74 Å². The number of hydrogen-bond donors (Lipinski definition) is 2. The fourth-order valence-corrected chi connectivity index (χ4v) is 4.05. The highest BCUT2D eigenvalue weighted by atomic mass is 127. The molecule has 28 heavy (non-hydrogen) atoms. The molecule has 1 aromatic rings. The van der Waals surface area contributed by atoms with Crippen LogP contribution in [0.5, 0.6) is 0 Å². The summed E-state index contributed by atoms with van der Waals surface area (Å²) in [4.78, 5) is 9.35. The number of anilines is 1. The minimum absolute atomic E-state index is 0. The molecule has 2 aliphatic rings. The topological polar surface area (TPSA) is 70.0 Å². The Labute approximate surface area is 186 Å². The lowest BCUT2D eigenvalue weighted by Crippen LogP contribution is -2.55. The van der Waals surface area contributed by atoms with E-state index in [1.54, 1.807) is 0 Å². The zero-order valence-corrected chi connectivity index (χ0v) is 19.9. The third-order valence-electron chi connectivity index (χ3n) is 5.59. The van der Waals surface area contributed by atoms with Crippen molar-refractivity contribution in [2.75, 3.05) is 51.3 Å². The second-order valence-electron chi connectivity index (χ2n) is 7.77. The molecular weight excluding hydrogens is 469 g/mol. The van der Waals surface area contributed by atoms with Crippen LogP contribution >= 0.6 is 24.0 Å². The van der Waals surface area contributed by atoms with E-state index < -0.39 is 0 Å². The van der Waals surface area contributed by atoms with Crippen molar-refractivity contribution in [3.05, 3.63) is 12.4 Å². The molecular formula is C19H36IN7O. The number of nitrogens with one attached hydrogen (secondary N) is 2. The van der Waals surface area contributed by atoms with Crippen LogP contribution in [0.3, 0.4) is 0 Å². The number of halogens is 1. The van der Waals surface area contributed by atoms with Crippen LogP contribution in [-0.4, -0.2) is 85.2 Å². The Balaban J connectivity index is 0.00000280. The molecule has 0 aromatic carbocycles. The predicted octanol–water partition coefficient (Wildman–Crippen LogP) is 1.28. The molecule has 3 heterocycles. The third-order valence-corrected chi connectivity index (χ3v) is 5.59. The van der Waals surface area contributed by atoms with Gasteiger partial charge < -0.3 is 20.3 Å². The van der Waals surface area contributed by atoms with Gasteiger partial charge in [0.05, 0.1) is 25.1 Å². The van der Waals surface area contributed by atoms with Gasteiger partial charge in [-0.15, -0.1) is 24.0 Å². The normalized spacial score (nSPS) is 25.1. The van der Waals surface area contributed by atoms with Crippen LogP contribution in [-0.2, 0) is 11.8 Å². The maximum Gasteiger partial charge on any atom is 0.191 e. The highest BCUT2D eigenvalue weighted by Gasteiger charge is 2.25. The van der Waals surface area contributed by atoms with Crippen LogP contribution in [0.4, 0.5) is 5.69 Å². The van der Waals surface area contributed by atoms with Crippen molar-refractivity contribution in [1.82, 2.24) is 25.3 Å². The van der Waals surface area contributed by atoms with Crippen molar-refractivity contribution in [3.8, 4) is 0 Å². The Kier molecular flexibility index (Phi) is 9.29. The van der Waals surface area contributed by atoms with Crippen LogP contribution in [0.15, 0.2) is 17.4 Å². The van der Waals surface area contributed by atoms with Crippen LogP contribution in [0.25, 0.3) is 0 Å². The molecule has 2 N–H and O–H groups in total. The van der Waals surface area contributed by atoms with Gasteiger partial charge in [-0.25, -0.2) is 0 Å². The van der Waals surface area contributed by atoms with Gasteiger partial charge in [0.25, 0.3) is 0 Å². The number of nitrogens with zero attached hydrogens (tertiary/aromatic N) is 5. The summed E-state index contributed by atoms with van der Waals surface area (Å²) in [5.74, 6) is 0.890. The van der Waals surface area contributed by atoms with Gasteiger partial charge in [-0.3, -0.25) is 14.6 Å². The number of rotatable bonds is 5. The van der Waals surface area contributed by atoms with E-state index in [9.17, 15) is 0 Å². The van der Waals surface area contributed by atoms with Crippen molar-refractivity contribution in [3.63, 3.8) is 0 Å². The molecule has 2 fully saturated rings. The fraction of sp³-hybridized carbons (Fsp3) is 0.789. The Morgan fingerprint density at radius 2 is 2.25 bits per heavy atom. The van der Waals surface area contributed by atoms with Crippen molar-refractivity contribution in [2.45, 2.75) is 44.8 Å². The Hall–Kier alpha value is -1.07. The molecule has 160 valence electrons. The van der Waals surface area contributed by atoms with Crippen LogP contribution < -0.4 is 15.5 Å². The Morgan fingerprint density at radius 3 is 2.93 bits per heavy atom. The van der Waals surface area contributed by atoms with E-state index in [2.05, 4.69) is 50.6 Å². The lowest BCUT2D eigenvalue weighted by molar-refractivity contribution is -0.0174. The fourth-order valence-electron chi connectivity index (χ4n) is 4.05. The van der Waals surface area contributed by atoms with Gasteiger partial charge in [-0.1, -0.05) is 0 Å². The van der Waals surface area contributed by atoms with E-state index in [4.69, 9.17) is 4.74 Å². The summed E-state index contributed by atoms with van der Waals surface area (Å²) < 4.78 is 7.41. The molecule has 0 saturated carbocycles. The monoisotopic (exact) mass is 505 g/mol. The van der Waals surface area contributed by atoms with E-state index in [-0.39, 0.29) is 24.0 Å². The summed E-state index contributed by atoms with van der Waals surface area (Å²) in [7, 11) is 3.81. The van der Waals surface area contributed by atoms with Gasteiger partial charge in [-0.2, -0.15) is 5.10 Å². The van der Waals surface area contributed by atoms with E-state index in [1.807, 2.05) is 25.0 Å². The summed E-state index contributed by atoms with van der Waals surface area (Å²) in [6, 6.07) is 1.31. The van der Waals surface area contributed by atoms with Gasteiger partial charge in [0.15, 0.2) is 5.96 Å². The van der Waals surface area contributed by atoms with Crippen molar-refractivity contribution >= 4 is 35.6 Å². The maximum absolute atomic E-state index is 5.55. The summed E-state index contributed by atoms with van der Waals surface area (Å²) in [6.07, 6.45) is 6.36. The molecule has 2 aliphatic heterocycles. The highest BCUT2D eigenvalue weighted by molar-refractivity contribution is 14.0. The number of ether oxygens (including phenoxy) is 1. The molecule has 0 aliphatic carbocycles. The maximum atomic E-state index is 5.55. The molecule has 3 unspecified atom stereocenters. The van der Waals surface area contributed by atoms with Crippen LogP contribution in [0.1, 0.15) is 26.7 Å². The summed E-state index contributed by atoms with van der Waals surface area (Å²) in [5, 5.41) is 11.4. The zero-order chi connectivity index (χ0) is 19.2. The van der Waals surface area contributed by atoms with Crippen molar-refractivity contribution in [2.24, 2.45) is 12.0 Å². The highest BCUT2D eigenvalue weighted by Crippen LogP contribution is 2.19. The van der Waals surface area contributed by atoms with E-state index >= 15 is 0 Å². The number of aromatic nitrogens is 2. The molecule has 9 heteroatoms. The first kappa shape index (κ1) is 23.2. The van der Waals surface area contributed by atoms with Gasteiger partial charge in [-0.05, 0) is 26.7 Å². The Bertz CT molecular complexity index is 623. The minimum atomic E-state index is 0. The summed E-state index contributed by atoms with van der Waals surface area (Å²) in [5.41, 5.74) is 1.20. The average molecular weight is 505 g/mol. The average Bonchev–Trinajstić information content (AvgIpc) is 3.12. The number of morpholine rings is 1. The molecule has 1 aromatic heterocycles. The van der Waals surface area contributed by atoms with Crippen molar-refractivity contribution in [1.29, 1.82) is 0 Å². The summed E-state index contributed by atoms with van der Waals surface area (Å²) >= 11 is 0. The second kappa shape index (κ2) is 11.2. The lowest BCUT2D eigenvalue weighted by atomic mass is 10.1. The quantitative estimate of drug-likeness (QED) is 0.357. The lowest BCUT2D eigenvalue weighted by Gasteiger charge is -2.38. The molecule has 2 saturated heterocycles. The van der Waals surface area contributed by atoms with Gasteiger partial charge in [0.2, 0.25) is 0 Å². The number of aliphatic imine (C=N–C) groups is 1. The summed E-state index contributed by atoms with van der Waals surface area (Å²) in [6.45, 7) is 10.1. The number of piperidine rings is 1. The Morgan fingerprint density at radius 1 is 1.43 bits per heavy atom. The van der Waals surface area contributed by atoms with Crippen LogP contribution in [0.2, 0.25) is 0 Å². The standard InChI is InChI=1S/C19H35N7O.HI/c1-15(26-8-9-27-14-16(26)2)10-21-19(20-3)23-17-6-5-7-25(12-17)18-11-22-24(4)13-18;/h11,13,15-17H,5-10,12,14H2,1-4H3,(H2,20,21,23);1H. The number of aryl methyl sites for hydroxylation is 1. The molecule has 0 spiro atoms. The molecule has 0 bridgehead atoms. The third kappa shape index (κ3) is 6.21. The van der Waals surface area contributed by atoms with Crippen LogP contribution in [0, 0.1) is 0 Å². The van der Waals surface area contributed by atoms with E-state index in [0.29, 0.717) is 18.1 Å². The molecule has 3 atom stereocenters. The first-order valence-corrected chi connectivity index (χ1v) is 10.1. The van der Waals surface area contributed by atoms with Gasteiger partial charge in [0.1, 0.15) is 0 Å². The largest absolute Gasteiger partial charge is 0.379 e. The van der Waals surface area contributed by atoms with E-state index in [0.717, 1.165) is 51.8 Å². The predicted molar refractivity (Wildman–Crippen MR) is 125 cm³/mol. The number of guanidine groups is 1. The van der Waals surface area contributed by atoms with Gasteiger partial charge >= 0.3 is 0 Å². The molecule has 0 amide bonds. The molecule has 3 rings (SSSR count). The molecule has 0 radical (unpaired) electrons. The molecule has 8 nitrogen and oxygen atoms in total. The zero-order valence-electron chi connectivity index (χ0n) is 17.6. The first-order chi connectivity index (χ1) is 13.1. The minimum Gasteiger partial charge on any atom is -0.379 e. The SMILES string of the molecule is CN=C(NCC(C)N1CCOCC1C)NC1CCCN(c2cnn(C)c2)C1.I. The first-order valence-electron chi connectivity index (χ1n) is 10.1. The van der Waals surface area contributed by atoms with Gasteiger partial charge in [0, 0.05) is 64.6 Å². The van der Waals surface area contributed by atoms with E-state index in [1.165, 1.54) is 12.1 Å². The smallest absolute Gasteiger partial charge is 0.191 e. The number of hydrogen-bond acceptors (Lipinski definition) is 5. The second-order valence-corrected chi connectivity index (χ2v) is 7.77.